The van der Waals surface area contributed by atoms with Crippen LogP contribution in [-0.2, 0) is 0 Å². The van der Waals surface area contributed by atoms with Crippen LogP contribution >= 0.6 is 0 Å². The molecule has 0 aromatic carbocycles. The van der Waals surface area contributed by atoms with Crippen molar-refractivity contribution in [2.24, 2.45) is 0 Å². The van der Waals surface area contributed by atoms with Gasteiger partial charge < -0.3 is 10.2 Å². The second-order valence-electron chi connectivity index (χ2n) is 5.56. The van der Waals surface area contributed by atoms with Gasteiger partial charge in [-0.3, -0.25) is 4.79 Å². The van der Waals surface area contributed by atoms with E-state index in [-0.39, 0.29) is 5.91 Å². The minimum absolute atomic E-state index is 0.262. The average Bonchev–Trinajstić information content (AvgIpc) is 3.03. The highest BCUT2D eigenvalue weighted by Crippen LogP contribution is 2.17. The van der Waals surface area contributed by atoms with Gasteiger partial charge in [-0.25, -0.2) is 15.0 Å². The molecule has 1 N–H and O–H groups in total. The highest BCUT2D eigenvalue weighted by Gasteiger charge is 2.18. The molecular formula is C16H19N5O. The van der Waals surface area contributed by atoms with Gasteiger partial charge in [-0.1, -0.05) is 6.07 Å². The Morgan fingerprint density at radius 2 is 1.95 bits per heavy atom. The van der Waals surface area contributed by atoms with Crippen molar-refractivity contribution in [3.05, 3.63) is 41.3 Å². The van der Waals surface area contributed by atoms with E-state index >= 15 is 0 Å². The minimum Gasteiger partial charge on any atom is -0.341 e. The van der Waals surface area contributed by atoms with E-state index in [4.69, 9.17) is 0 Å². The highest BCUT2D eigenvalue weighted by atomic mass is 16.1. The Morgan fingerprint density at radius 1 is 1.18 bits per heavy atom. The van der Waals surface area contributed by atoms with E-state index in [2.05, 4.69) is 25.2 Å². The van der Waals surface area contributed by atoms with Crippen LogP contribution < -0.4 is 10.2 Å². The lowest BCUT2D eigenvalue weighted by atomic mass is 10.3. The Labute approximate surface area is 129 Å². The summed E-state index contributed by atoms with van der Waals surface area (Å²) < 4.78 is 0. The summed E-state index contributed by atoms with van der Waals surface area (Å²) in [5.41, 5.74) is 2.21. The monoisotopic (exact) mass is 297 g/mol. The zero-order valence-electron chi connectivity index (χ0n) is 12.8. The number of nitrogens with one attached hydrogen (secondary N) is 1. The van der Waals surface area contributed by atoms with E-state index in [1.807, 2.05) is 19.9 Å². The van der Waals surface area contributed by atoms with Crippen molar-refractivity contribution >= 4 is 17.7 Å². The van der Waals surface area contributed by atoms with Crippen LogP contribution in [0.25, 0.3) is 0 Å². The molecule has 22 heavy (non-hydrogen) atoms. The van der Waals surface area contributed by atoms with Crippen LogP contribution in [0.2, 0.25) is 0 Å². The van der Waals surface area contributed by atoms with Crippen molar-refractivity contribution in [1.29, 1.82) is 0 Å². The molecule has 2 aromatic heterocycles. The Balaban J connectivity index is 1.80. The summed E-state index contributed by atoms with van der Waals surface area (Å²) in [7, 11) is 0. The summed E-state index contributed by atoms with van der Waals surface area (Å²) >= 11 is 0. The quantitative estimate of drug-likeness (QED) is 0.941. The van der Waals surface area contributed by atoms with Crippen molar-refractivity contribution in [3.8, 4) is 0 Å². The minimum atomic E-state index is -0.262. The van der Waals surface area contributed by atoms with Gasteiger partial charge in [0.2, 0.25) is 5.95 Å². The molecule has 3 rings (SSSR count). The molecule has 114 valence electrons. The summed E-state index contributed by atoms with van der Waals surface area (Å²) in [6.07, 6.45) is 4.01. The fourth-order valence-corrected chi connectivity index (χ4v) is 2.45. The summed E-state index contributed by atoms with van der Waals surface area (Å²) in [5.74, 6) is 0.899. The molecule has 2 aromatic rings. The third-order valence-electron chi connectivity index (χ3n) is 3.62. The van der Waals surface area contributed by atoms with E-state index in [1.165, 1.54) is 0 Å². The molecule has 1 aliphatic heterocycles. The average molecular weight is 297 g/mol. The lowest BCUT2D eigenvalue weighted by Gasteiger charge is -2.16. The molecule has 0 bridgehead atoms. The molecule has 1 aliphatic rings. The van der Waals surface area contributed by atoms with E-state index < -0.39 is 0 Å². The standard InChI is InChI=1S/C16H19N5O/c1-11-5-6-14(17-10-11)20-15(22)13-9-12(2)18-16(19-13)21-7-3-4-8-21/h5-6,9-10H,3-4,7-8H2,1-2H3,(H,17,20,22). The number of nitrogens with zero attached hydrogens (tertiary/aromatic N) is 4. The first-order valence-electron chi connectivity index (χ1n) is 7.46. The van der Waals surface area contributed by atoms with Crippen LogP contribution in [0.3, 0.4) is 0 Å². The van der Waals surface area contributed by atoms with Crippen LogP contribution in [0.1, 0.15) is 34.6 Å². The van der Waals surface area contributed by atoms with Crippen molar-refractivity contribution < 1.29 is 4.79 Å². The largest absolute Gasteiger partial charge is 0.341 e. The molecule has 0 radical (unpaired) electrons. The number of pyridine rings is 1. The van der Waals surface area contributed by atoms with Crippen molar-refractivity contribution in [3.63, 3.8) is 0 Å². The lowest BCUT2D eigenvalue weighted by Crippen LogP contribution is -2.23. The van der Waals surface area contributed by atoms with Crippen molar-refractivity contribution in [2.45, 2.75) is 26.7 Å². The number of carbonyl (C=O) groups is 1. The Kier molecular flexibility index (Phi) is 4.00. The maximum Gasteiger partial charge on any atom is 0.275 e. The van der Waals surface area contributed by atoms with E-state index in [9.17, 15) is 4.79 Å². The molecule has 0 spiro atoms. The third-order valence-corrected chi connectivity index (χ3v) is 3.62. The van der Waals surface area contributed by atoms with Gasteiger partial charge in [0, 0.05) is 25.0 Å². The molecule has 0 aliphatic carbocycles. The molecule has 6 nitrogen and oxygen atoms in total. The highest BCUT2D eigenvalue weighted by molar-refractivity contribution is 6.02. The van der Waals surface area contributed by atoms with Crippen LogP contribution in [0, 0.1) is 13.8 Å². The lowest BCUT2D eigenvalue weighted by molar-refractivity contribution is 0.102. The fourth-order valence-electron chi connectivity index (χ4n) is 2.45. The molecular weight excluding hydrogens is 278 g/mol. The smallest absolute Gasteiger partial charge is 0.275 e. The molecule has 0 unspecified atom stereocenters. The molecule has 0 saturated carbocycles. The zero-order valence-corrected chi connectivity index (χ0v) is 12.8. The second-order valence-corrected chi connectivity index (χ2v) is 5.56. The van der Waals surface area contributed by atoms with E-state index in [0.717, 1.165) is 37.2 Å². The first-order valence-corrected chi connectivity index (χ1v) is 7.46. The second kappa shape index (κ2) is 6.09. The van der Waals surface area contributed by atoms with Crippen molar-refractivity contribution in [2.75, 3.05) is 23.3 Å². The number of hydrogen-bond donors (Lipinski definition) is 1. The van der Waals surface area contributed by atoms with Gasteiger partial charge >= 0.3 is 0 Å². The van der Waals surface area contributed by atoms with Gasteiger partial charge in [0.15, 0.2) is 0 Å². The molecule has 1 fully saturated rings. The first kappa shape index (κ1) is 14.4. The van der Waals surface area contributed by atoms with E-state index in [1.54, 1.807) is 18.3 Å². The Hall–Kier alpha value is -2.50. The predicted octanol–water partition coefficient (Wildman–Crippen LogP) is 2.34. The summed E-state index contributed by atoms with van der Waals surface area (Å²) in [6, 6.07) is 5.38. The van der Waals surface area contributed by atoms with Gasteiger partial charge in [0.1, 0.15) is 11.5 Å². The molecule has 3 heterocycles. The number of hydrogen-bond acceptors (Lipinski definition) is 5. The molecule has 1 saturated heterocycles. The number of rotatable bonds is 3. The predicted molar refractivity (Wildman–Crippen MR) is 85.1 cm³/mol. The maximum absolute atomic E-state index is 12.4. The van der Waals surface area contributed by atoms with Gasteiger partial charge in [-0.05, 0) is 44.4 Å². The summed E-state index contributed by atoms with van der Waals surface area (Å²) in [6.45, 7) is 5.73. The third kappa shape index (κ3) is 3.21. The SMILES string of the molecule is Cc1ccc(NC(=O)c2cc(C)nc(N3CCCC3)n2)nc1. The zero-order chi connectivity index (χ0) is 15.5. The van der Waals surface area contributed by atoms with Crippen LogP contribution in [0.4, 0.5) is 11.8 Å². The normalized spacial score (nSPS) is 14.2. The van der Waals surface area contributed by atoms with Gasteiger partial charge in [-0.2, -0.15) is 0 Å². The Bertz CT molecular complexity index is 677. The summed E-state index contributed by atoms with van der Waals surface area (Å²) in [5, 5.41) is 2.77. The number of amides is 1. The first-order chi connectivity index (χ1) is 10.6. The van der Waals surface area contributed by atoms with Gasteiger partial charge in [-0.15, -0.1) is 0 Å². The van der Waals surface area contributed by atoms with Gasteiger partial charge in [0.25, 0.3) is 5.91 Å². The van der Waals surface area contributed by atoms with Crippen LogP contribution in [0.5, 0.6) is 0 Å². The number of carbonyl (C=O) groups excluding carboxylic acids is 1. The topological polar surface area (TPSA) is 71.0 Å². The van der Waals surface area contributed by atoms with Crippen molar-refractivity contribution in [1.82, 2.24) is 15.0 Å². The summed E-state index contributed by atoms with van der Waals surface area (Å²) in [4.78, 5) is 27.5. The molecule has 6 heteroatoms. The molecule has 0 atom stereocenters. The van der Waals surface area contributed by atoms with E-state index in [0.29, 0.717) is 17.5 Å². The number of aryl methyl sites for hydroxylation is 2. The fraction of sp³-hybridized carbons (Fsp3) is 0.375. The Morgan fingerprint density at radius 3 is 2.64 bits per heavy atom. The maximum atomic E-state index is 12.4. The molecule has 1 amide bonds. The van der Waals surface area contributed by atoms with Gasteiger partial charge in [0.05, 0.1) is 0 Å². The van der Waals surface area contributed by atoms with Crippen LogP contribution in [0.15, 0.2) is 24.4 Å². The number of aromatic nitrogens is 3. The van der Waals surface area contributed by atoms with Crippen LogP contribution in [-0.4, -0.2) is 33.9 Å². The number of anilines is 2.